The van der Waals surface area contributed by atoms with Crippen LogP contribution in [0.4, 0.5) is 0 Å². The summed E-state index contributed by atoms with van der Waals surface area (Å²) >= 11 is 1.40. The van der Waals surface area contributed by atoms with Gasteiger partial charge in [-0.25, -0.2) is 4.79 Å². The molecule has 2 atom stereocenters. The Kier molecular flexibility index (Phi) is 6.07. The van der Waals surface area contributed by atoms with Crippen LogP contribution in [0.25, 0.3) is 0 Å². The zero-order chi connectivity index (χ0) is 18.7. The molecule has 1 saturated heterocycles. The van der Waals surface area contributed by atoms with Crippen LogP contribution in [0.3, 0.4) is 0 Å². The lowest BCUT2D eigenvalue weighted by atomic mass is 10.0. The summed E-state index contributed by atoms with van der Waals surface area (Å²) < 4.78 is 10.1. The van der Waals surface area contributed by atoms with E-state index >= 15 is 0 Å². The van der Waals surface area contributed by atoms with Gasteiger partial charge in [0, 0.05) is 31.7 Å². The number of ether oxygens (including phenoxy) is 2. The molecule has 9 nitrogen and oxygen atoms in total. The Labute approximate surface area is 149 Å². The number of carbonyl (C=O) groups is 4. The fraction of sp³-hybridized carbons (Fsp3) is 0.600. The van der Waals surface area contributed by atoms with Crippen LogP contribution in [-0.2, 0) is 28.7 Å². The van der Waals surface area contributed by atoms with Crippen LogP contribution in [0, 0.1) is 0 Å². The lowest BCUT2D eigenvalue weighted by Crippen LogP contribution is -2.68. The number of rotatable bonds is 6. The maximum absolute atomic E-state index is 12.5. The fourth-order valence-corrected chi connectivity index (χ4v) is 3.71. The molecular weight excluding hydrogens is 350 g/mol. The number of thioether (sulfide) groups is 1. The van der Waals surface area contributed by atoms with Crippen molar-refractivity contribution in [1.29, 1.82) is 0 Å². The Bertz CT molecular complexity index is 635. The number of fused-ring (bicyclic) bond motifs is 1. The van der Waals surface area contributed by atoms with Gasteiger partial charge in [0.15, 0.2) is 6.73 Å². The van der Waals surface area contributed by atoms with E-state index in [-0.39, 0.29) is 42.6 Å². The molecule has 25 heavy (non-hydrogen) atoms. The van der Waals surface area contributed by atoms with E-state index in [0.29, 0.717) is 11.3 Å². The molecule has 0 radical (unpaired) electrons. The highest BCUT2D eigenvalue weighted by Crippen LogP contribution is 2.39. The standard InChI is InChI=1S/C15H21N3O6S/c1-4-10(20)17(3)7-24-15(22)12-9(5-23-8(2)19)6-25-14-11(16)13(21)18(12)14/h11,14H,4-7,16H2,1-3H3. The van der Waals surface area contributed by atoms with Crippen LogP contribution in [-0.4, -0.2) is 71.1 Å². The number of hydrogen-bond acceptors (Lipinski definition) is 8. The first kappa shape index (κ1) is 19.3. The van der Waals surface area contributed by atoms with E-state index in [9.17, 15) is 19.2 Å². The highest BCUT2D eigenvalue weighted by atomic mass is 32.2. The molecule has 2 aliphatic rings. The number of carbonyl (C=O) groups excluding carboxylic acids is 4. The summed E-state index contributed by atoms with van der Waals surface area (Å²) in [6, 6.07) is -0.674. The van der Waals surface area contributed by atoms with Crippen molar-refractivity contribution < 1.29 is 28.7 Å². The molecule has 2 aliphatic heterocycles. The topological polar surface area (TPSA) is 119 Å². The van der Waals surface area contributed by atoms with Crippen molar-refractivity contribution in [3.63, 3.8) is 0 Å². The van der Waals surface area contributed by atoms with Crippen molar-refractivity contribution in [3.05, 3.63) is 11.3 Å². The quantitative estimate of drug-likeness (QED) is 0.374. The number of nitrogens with two attached hydrogens (primary N) is 1. The molecule has 2 N–H and O–H groups in total. The molecule has 0 aliphatic carbocycles. The van der Waals surface area contributed by atoms with E-state index < -0.39 is 18.0 Å². The molecule has 2 heterocycles. The van der Waals surface area contributed by atoms with Gasteiger partial charge in [0.2, 0.25) is 11.8 Å². The zero-order valence-electron chi connectivity index (χ0n) is 14.3. The molecular formula is C15H21N3O6S. The number of nitrogens with zero attached hydrogens (tertiary/aromatic N) is 2. The first-order valence-electron chi connectivity index (χ1n) is 7.74. The summed E-state index contributed by atoms with van der Waals surface area (Å²) in [4.78, 5) is 49.7. The molecule has 2 rings (SSSR count). The number of esters is 2. The minimum absolute atomic E-state index is 0.0500. The summed E-state index contributed by atoms with van der Waals surface area (Å²) in [5.41, 5.74) is 6.29. The van der Waals surface area contributed by atoms with Crippen LogP contribution >= 0.6 is 11.8 Å². The molecule has 2 amide bonds. The van der Waals surface area contributed by atoms with E-state index in [1.54, 1.807) is 6.92 Å². The van der Waals surface area contributed by atoms with Gasteiger partial charge in [0.25, 0.3) is 0 Å². The van der Waals surface area contributed by atoms with Gasteiger partial charge in [0.05, 0.1) is 0 Å². The minimum atomic E-state index is -0.747. The lowest BCUT2D eigenvalue weighted by molar-refractivity contribution is -0.155. The van der Waals surface area contributed by atoms with E-state index in [1.807, 2.05) is 0 Å². The van der Waals surface area contributed by atoms with Gasteiger partial charge in [-0.3, -0.25) is 19.3 Å². The molecule has 0 aromatic carbocycles. The third kappa shape index (κ3) is 3.96. The molecule has 2 unspecified atom stereocenters. The summed E-state index contributed by atoms with van der Waals surface area (Å²) in [6.07, 6.45) is 0.284. The van der Waals surface area contributed by atoms with Crippen LogP contribution in [0.15, 0.2) is 11.3 Å². The van der Waals surface area contributed by atoms with Crippen molar-refractivity contribution in [2.24, 2.45) is 5.73 Å². The number of amides is 2. The van der Waals surface area contributed by atoms with Crippen LogP contribution in [0.2, 0.25) is 0 Å². The van der Waals surface area contributed by atoms with Crippen molar-refractivity contribution in [1.82, 2.24) is 9.80 Å². The van der Waals surface area contributed by atoms with Crippen LogP contribution in [0.1, 0.15) is 20.3 Å². The smallest absolute Gasteiger partial charge is 0.356 e. The third-order valence-corrected chi connectivity index (χ3v) is 5.21. The zero-order valence-corrected chi connectivity index (χ0v) is 15.1. The maximum Gasteiger partial charge on any atom is 0.356 e. The summed E-state index contributed by atoms with van der Waals surface area (Å²) in [7, 11) is 1.51. The maximum atomic E-state index is 12.5. The number of β-lactam (4-membered cyclic amide) rings is 1. The van der Waals surface area contributed by atoms with Gasteiger partial charge in [-0.05, 0) is 0 Å². The van der Waals surface area contributed by atoms with Gasteiger partial charge in [-0.15, -0.1) is 11.8 Å². The summed E-state index contributed by atoms with van der Waals surface area (Å²) in [5, 5.41) is -0.342. The highest BCUT2D eigenvalue weighted by molar-refractivity contribution is 8.00. The van der Waals surface area contributed by atoms with Gasteiger partial charge >= 0.3 is 11.9 Å². The first-order chi connectivity index (χ1) is 11.8. The molecule has 10 heteroatoms. The summed E-state index contributed by atoms with van der Waals surface area (Å²) in [6.45, 7) is 2.61. The second kappa shape index (κ2) is 7.87. The minimum Gasteiger partial charge on any atom is -0.461 e. The van der Waals surface area contributed by atoms with E-state index in [4.69, 9.17) is 15.2 Å². The van der Waals surface area contributed by atoms with Gasteiger partial charge in [0.1, 0.15) is 23.7 Å². The average molecular weight is 371 g/mol. The Hall–Kier alpha value is -2.07. The van der Waals surface area contributed by atoms with Crippen molar-refractivity contribution in [2.45, 2.75) is 31.7 Å². The van der Waals surface area contributed by atoms with E-state index in [0.717, 1.165) is 0 Å². The number of hydrogen-bond donors (Lipinski definition) is 1. The van der Waals surface area contributed by atoms with E-state index in [2.05, 4.69) is 0 Å². The Morgan fingerprint density at radius 1 is 1.36 bits per heavy atom. The third-order valence-electron chi connectivity index (χ3n) is 3.85. The Morgan fingerprint density at radius 3 is 2.64 bits per heavy atom. The van der Waals surface area contributed by atoms with E-state index in [1.165, 1.54) is 35.5 Å². The lowest BCUT2D eigenvalue weighted by Gasteiger charge is -2.48. The molecule has 0 aromatic rings. The molecule has 0 aromatic heterocycles. The molecule has 1 fully saturated rings. The largest absolute Gasteiger partial charge is 0.461 e. The van der Waals surface area contributed by atoms with Crippen LogP contribution in [0.5, 0.6) is 0 Å². The van der Waals surface area contributed by atoms with Gasteiger partial charge in [-0.1, -0.05) is 6.92 Å². The average Bonchev–Trinajstić information content (AvgIpc) is 2.61. The highest BCUT2D eigenvalue weighted by Gasteiger charge is 2.52. The van der Waals surface area contributed by atoms with Crippen molar-refractivity contribution in [3.8, 4) is 0 Å². The normalized spacial score (nSPS) is 22.1. The summed E-state index contributed by atoms with van der Waals surface area (Å²) in [5.74, 6) is -1.41. The Morgan fingerprint density at radius 2 is 2.04 bits per heavy atom. The molecule has 138 valence electrons. The molecule has 0 bridgehead atoms. The predicted molar refractivity (Wildman–Crippen MR) is 88.7 cm³/mol. The first-order valence-corrected chi connectivity index (χ1v) is 8.79. The second-order valence-electron chi connectivity index (χ2n) is 5.67. The van der Waals surface area contributed by atoms with Gasteiger partial charge < -0.3 is 20.1 Å². The Balaban J connectivity index is 2.16. The monoisotopic (exact) mass is 371 g/mol. The van der Waals surface area contributed by atoms with Gasteiger partial charge in [-0.2, -0.15) is 0 Å². The predicted octanol–water partition coefficient (Wildman–Crippen LogP) is -0.585. The van der Waals surface area contributed by atoms with Crippen LogP contribution < -0.4 is 5.73 Å². The fourth-order valence-electron chi connectivity index (χ4n) is 2.43. The molecule has 0 spiro atoms. The van der Waals surface area contributed by atoms with Crippen molar-refractivity contribution in [2.75, 3.05) is 26.1 Å². The van der Waals surface area contributed by atoms with Crippen molar-refractivity contribution >= 4 is 35.5 Å². The SMILES string of the molecule is CCC(=O)N(C)COC(=O)C1=C(COC(C)=O)CSC2C(N)C(=O)N12. The molecule has 0 saturated carbocycles. The second-order valence-corrected chi connectivity index (χ2v) is 6.78.